The van der Waals surface area contributed by atoms with E-state index in [0.717, 1.165) is 37.1 Å². The monoisotopic (exact) mass is 299 g/mol. The van der Waals surface area contributed by atoms with E-state index in [1.54, 1.807) is 18.4 Å². The minimum Gasteiger partial charge on any atom is -0.469 e. The van der Waals surface area contributed by atoms with Crippen LogP contribution in [0.3, 0.4) is 0 Å². The average molecular weight is 299 g/mol. The number of carbonyl (C=O) groups is 1. The Hall–Kier alpha value is -2.10. The van der Waals surface area contributed by atoms with Crippen LogP contribution in [0, 0.1) is 11.7 Å². The standard InChI is InChI=1S/C18H18FNO2/c19-13-7-5-12(6-8-13)16-3-1-9-20(16)18(21)15-11-14(15)17-4-2-10-22-17/h2,4-8,10,14-16H,1,3,9,11H2/t14-,15+,16-/m0/s1. The maximum atomic E-state index is 13.1. The zero-order valence-electron chi connectivity index (χ0n) is 12.2. The number of nitrogens with zero attached hydrogens (tertiary/aromatic N) is 1. The Morgan fingerprint density at radius 1 is 1.23 bits per heavy atom. The molecule has 1 aliphatic carbocycles. The summed E-state index contributed by atoms with van der Waals surface area (Å²) in [6.07, 6.45) is 4.49. The minimum atomic E-state index is -0.236. The van der Waals surface area contributed by atoms with Crippen LogP contribution < -0.4 is 0 Å². The molecule has 4 heteroatoms. The topological polar surface area (TPSA) is 33.5 Å². The van der Waals surface area contributed by atoms with Gasteiger partial charge in [0.1, 0.15) is 11.6 Å². The number of benzene rings is 1. The van der Waals surface area contributed by atoms with E-state index >= 15 is 0 Å². The Bertz CT molecular complexity index is 665. The lowest BCUT2D eigenvalue weighted by Gasteiger charge is -2.25. The van der Waals surface area contributed by atoms with E-state index in [0.29, 0.717) is 0 Å². The summed E-state index contributed by atoms with van der Waals surface area (Å²) in [5.41, 5.74) is 1.03. The van der Waals surface area contributed by atoms with Gasteiger partial charge < -0.3 is 9.32 Å². The Labute approximate surface area is 128 Å². The summed E-state index contributed by atoms with van der Waals surface area (Å²) in [7, 11) is 0. The van der Waals surface area contributed by atoms with Crippen molar-refractivity contribution in [3.63, 3.8) is 0 Å². The summed E-state index contributed by atoms with van der Waals surface area (Å²) in [6.45, 7) is 0.794. The zero-order chi connectivity index (χ0) is 15.1. The molecule has 0 spiro atoms. The fourth-order valence-corrected chi connectivity index (χ4v) is 3.56. The van der Waals surface area contributed by atoms with Crippen molar-refractivity contribution >= 4 is 5.91 Å². The Balaban J connectivity index is 1.49. The molecule has 22 heavy (non-hydrogen) atoms. The summed E-state index contributed by atoms with van der Waals surface area (Å²) in [4.78, 5) is 14.7. The summed E-state index contributed by atoms with van der Waals surface area (Å²) in [5, 5.41) is 0. The molecule has 1 amide bonds. The minimum absolute atomic E-state index is 0.0483. The largest absolute Gasteiger partial charge is 0.469 e. The Morgan fingerprint density at radius 2 is 2.05 bits per heavy atom. The molecule has 1 aromatic carbocycles. The number of hydrogen-bond donors (Lipinski definition) is 0. The molecule has 0 bridgehead atoms. The second-order valence-corrected chi connectivity index (χ2v) is 6.21. The molecule has 2 fully saturated rings. The van der Waals surface area contributed by atoms with E-state index in [-0.39, 0.29) is 29.6 Å². The van der Waals surface area contributed by atoms with Crippen LogP contribution in [0.5, 0.6) is 0 Å². The van der Waals surface area contributed by atoms with Gasteiger partial charge in [-0.05, 0) is 49.1 Å². The van der Waals surface area contributed by atoms with Crippen LogP contribution in [0.4, 0.5) is 4.39 Å². The highest BCUT2D eigenvalue weighted by molar-refractivity contribution is 5.83. The molecule has 0 unspecified atom stereocenters. The molecule has 0 radical (unpaired) electrons. The second kappa shape index (κ2) is 5.27. The molecular formula is C18H18FNO2. The van der Waals surface area contributed by atoms with Gasteiger partial charge in [-0.1, -0.05) is 12.1 Å². The lowest BCUT2D eigenvalue weighted by Crippen LogP contribution is -2.32. The number of rotatable bonds is 3. The summed E-state index contributed by atoms with van der Waals surface area (Å²) < 4.78 is 18.5. The maximum Gasteiger partial charge on any atom is 0.226 e. The molecule has 4 rings (SSSR count). The van der Waals surface area contributed by atoms with Gasteiger partial charge in [-0.15, -0.1) is 0 Å². The summed E-state index contributed by atoms with van der Waals surface area (Å²) >= 11 is 0. The first-order chi connectivity index (χ1) is 10.7. The predicted molar refractivity (Wildman–Crippen MR) is 79.6 cm³/mol. The SMILES string of the molecule is O=C([C@@H]1C[C@@H]1c1ccco1)N1CCC[C@H]1c1ccc(F)cc1. The molecule has 3 atom stereocenters. The van der Waals surface area contributed by atoms with Gasteiger partial charge in [-0.25, -0.2) is 4.39 Å². The number of carbonyl (C=O) groups excluding carboxylic acids is 1. The first-order valence-electron chi connectivity index (χ1n) is 7.83. The molecule has 3 nitrogen and oxygen atoms in total. The molecule has 114 valence electrons. The molecular weight excluding hydrogens is 281 g/mol. The van der Waals surface area contributed by atoms with Gasteiger partial charge in [0.2, 0.25) is 5.91 Å². The third-order valence-corrected chi connectivity index (χ3v) is 4.81. The smallest absolute Gasteiger partial charge is 0.226 e. The van der Waals surface area contributed by atoms with Crippen molar-refractivity contribution in [3.05, 3.63) is 59.8 Å². The molecule has 2 heterocycles. The van der Waals surface area contributed by atoms with E-state index in [1.807, 2.05) is 17.0 Å². The maximum absolute atomic E-state index is 13.1. The fourth-order valence-electron chi connectivity index (χ4n) is 3.56. The van der Waals surface area contributed by atoms with Crippen LogP contribution >= 0.6 is 0 Å². The third-order valence-electron chi connectivity index (χ3n) is 4.81. The highest BCUT2D eigenvalue weighted by Gasteiger charge is 2.49. The normalized spacial score (nSPS) is 27.1. The van der Waals surface area contributed by atoms with E-state index in [1.165, 1.54) is 12.1 Å². The van der Waals surface area contributed by atoms with Gasteiger partial charge in [-0.2, -0.15) is 0 Å². The molecule has 0 N–H and O–H groups in total. The Morgan fingerprint density at radius 3 is 2.77 bits per heavy atom. The number of hydrogen-bond acceptors (Lipinski definition) is 2. The lowest BCUT2D eigenvalue weighted by molar-refractivity contribution is -0.133. The van der Waals surface area contributed by atoms with E-state index in [4.69, 9.17) is 4.42 Å². The first-order valence-corrected chi connectivity index (χ1v) is 7.83. The number of amides is 1. The molecule has 1 aromatic heterocycles. The summed E-state index contributed by atoms with van der Waals surface area (Å²) in [6, 6.07) is 10.4. The van der Waals surface area contributed by atoms with Crippen molar-refractivity contribution in [3.8, 4) is 0 Å². The van der Waals surface area contributed by atoms with E-state index in [2.05, 4.69) is 0 Å². The van der Waals surface area contributed by atoms with Gasteiger partial charge in [0.15, 0.2) is 0 Å². The average Bonchev–Trinajstić information content (AvgIpc) is 2.95. The lowest BCUT2D eigenvalue weighted by atomic mass is 10.0. The highest BCUT2D eigenvalue weighted by atomic mass is 19.1. The van der Waals surface area contributed by atoms with E-state index in [9.17, 15) is 9.18 Å². The van der Waals surface area contributed by atoms with Crippen LogP contribution in [0.15, 0.2) is 47.1 Å². The van der Waals surface area contributed by atoms with Gasteiger partial charge in [0.25, 0.3) is 0 Å². The van der Waals surface area contributed by atoms with Crippen molar-refractivity contribution in [2.75, 3.05) is 6.54 Å². The Kier molecular flexibility index (Phi) is 3.25. The number of likely N-dealkylation sites (tertiary alicyclic amines) is 1. The molecule has 2 aromatic rings. The summed E-state index contributed by atoms with van der Waals surface area (Å²) in [5.74, 6) is 1.17. The third kappa shape index (κ3) is 2.32. The highest BCUT2D eigenvalue weighted by Crippen LogP contribution is 2.50. The van der Waals surface area contributed by atoms with Crippen LogP contribution in [0.1, 0.15) is 42.5 Å². The van der Waals surface area contributed by atoms with Crippen molar-refractivity contribution in [2.24, 2.45) is 5.92 Å². The van der Waals surface area contributed by atoms with E-state index < -0.39 is 0 Å². The van der Waals surface area contributed by atoms with Crippen LogP contribution in [0.2, 0.25) is 0 Å². The van der Waals surface area contributed by atoms with Gasteiger partial charge >= 0.3 is 0 Å². The van der Waals surface area contributed by atoms with Crippen molar-refractivity contribution < 1.29 is 13.6 Å². The van der Waals surface area contributed by atoms with Crippen LogP contribution in [-0.2, 0) is 4.79 Å². The zero-order valence-corrected chi connectivity index (χ0v) is 12.2. The fraction of sp³-hybridized carbons (Fsp3) is 0.389. The molecule has 1 aliphatic heterocycles. The second-order valence-electron chi connectivity index (χ2n) is 6.21. The van der Waals surface area contributed by atoms with Crippen molar-refractivity contribution in [1.82, 2.24) is 4.90 Å². The number of halogens is 1. The van der Waals surface area contributed by atoms with Crippen LogP contribution in [0.25, 0.3) is 0 Å². The van der Waals surface area contributed by atoms with Gasteiger partial charge in [0.05, 0.1) is 12.3 Å². The van der Waals surface area contributed by atoms with Crippen molar-refractivity contribution in [1.29, 1.82) is 0 Å². The number of furan rings is 1. The van der Waals surface area contributed by atoms with Gasteiger partial charge in [0, 0.05) is 18.4 Å². The van der Waals surface area contributed by atoms with Crippen LogP contribution in [-0.4, -0.2) is 17.4 Å². The predicted octanol–water partition coefficient (Wildman–Crippen LogP) is 3.89. The van der Waals surface area contributed by atoms with Gasteiger partial charge in [-0.3, -0.25) is 4.79 Å². The van der Waals surface area contributed by atoms with Crippen molar-refractivity contribution in [2.45, 2.75) is 31.2 Å². The molecule has 2 aliphatic rings. The molecule has 1 saturated heterocycles. The first kappa shape index (κ1) is 13.6. The molecule has 1 saturated carbocycles. The quantitative estimate of drug-likeness (QED) is 0.861.